The molecule has 2 heterocycles. The number of rotatable bonds is 5. The molecule has 0 saturated heterocycles. The van der Waals surface area contributed by atoms with E-state index in [-0.39, 0.29) is 11.4 Å². The number of fused-ring (bicyclic) bond motifs is 1. The Kier molecular flexibility index (Phi) is 5.50. The number of thiophene rings is 1. The van der Waals surface area contributed by atoms with Crippen LogP contribution in [-0.4, -0.2) is 21.7 Å². The summed E-state index contributed by atoms with van der Waals surface area (Å²) in [5.74, 6) is 0.704. The van der Waals surface area contributed by atoms with Gasteiger partial charge >= 0.3 is 0 Å². The van der Waals surface area contributed by atoms with Gasteiger partial charge in [-0.3, -0.25) is 9.79 Å². The summed E-state index contributed by atoms with van der Waals surface area (Å²) in [4.78, 5) is 24.7. The van der Waals surface area contributed by atoms with Crippen LogP contribution in [0.3, 0.4) is 0 Å². The molecule has 0 aliphatic heterocycles. The summed E-state index contributed by atoms with van der Waals surface area (Å²) in [5.41, 5.74) is 7.16. The predicted octanol–water partition coefficient (Wildman–Crippen LogP) is 3.75. The third kappa shape index (κ3) is 4.08. The fraction of sp³-hybridized carbons (Fsp3) is 0.235. The van der Waals surface area contributed by atoms with Gasteiger partial charge in [-0.1, -0.05) is 30.8 Å². The number of H-pyrrole nitrogens is 1. The molecule has 0 saturated carbocycles. The normalized spacial score (nSPS) is 12.0. The molecular weight excluding hydrogens is 359 g/mol. The van der Waals surface area contributed by atoms with Gasteiger partial charge < -0.3 is 10.7 Å². The van der Waals surface area contributed by atoms with E-state index in [9.17, 15) is 9.18 Å². The van der Waals surface area contributed by atoms with Gasteiger partial charge in [0.1, 0.15) is 16.5 Å². The van der Waals surface area contributed by atoms with E-state index in [0.717, 1.165) is 17.5 Å². The third-order valence-electron chi connectivity index (χ3n) is 3.50. The molecule has 1 aromatic carbocycles. The van der Waals surface area contributed by atoms with Crippen molar-refractivity contribution in [1.82, 2.24) is 9.97 Å². The van der Waals surface area contributed by atoms with E-state index in [1.807, 2.05) is 12.3 Å². The summed E-state index contributed by atoms with van der Waals surface area (Å²) in [5, 5.41) is 2.88. The number of hydrogen-bond acceptors (Lipinski definition) is 5. The van der Waals surface area contributed by atoms with Crippen molar-refractivity contribution in [3.8, 4) is 11.1 Å². The van der Waals surface area contributed by atoms with Gasteiger partial charge in [0.25, 0.3) is 5.56 Å². The van der Waals surface area contributed by atoms with Crippen molar-refractivity contribution in [2.45, 2.75) is 19.1 Å². The van der Waals surface area contributed by atoms with Gasteiger partial charge in [0.05, 0.1) is 11.1 Å². The first-order valence-electron chi connectivity index (χ1n) is 7.77. The summed E-state index contributed by atoms with van der Waals surface area (Å²) in [6, 6.07) is 6.07. The van der Waals surface area contributed by atoms with E-state index in [2.05, 4.69) is 15.0 Å². The van der Waals surface area contributed by atoms with E-state index < -0.39 is 0 Å². The summed E-state index contributed by atoms with van der Waals surface area (Å²) in [7, 11) is 0. The van der Waals surface area contributed by atoms with E-state index >= 15 is 0 Å². The van der Waals surface area contributed by atoms with E-state index in [0.29, 0.717) is 33.5 Å². The van der Waals surface area contributed by atoms with Gasteiger partial charge in [0, 0.05) is 17.5 Å². The number of amidine groups is 1. The fourth-order valence-corrected chi connectivity index (χ4v) is 3.88. The Labute approximate surface area is 152 Å². The number of thioether (sulfide) groups is 1. The lowest BCUT2D eigenvalue weighted by Crippen LogP contribution is -2.13. The zero-order valence-electron chi connectivity index (χ0n) is 13.6. The van der Waals surface area contributed by atoms with E-state index in [1.165, 1.54) is 35.2 Å². The molecule has 0 aliphatic carbocycles. The van der Waals surface area contributed by atoms with Gasteiger partial charge in [-0.05, 0) is 24.1 Å². The highest BCUT2D eigenvalue weighted by Gasteiger charge is 2.13. The van der Waals surface area contributed by atoms with Crippen molar-refractivity contribution in [3.05, 3.63) is 51.6 Å². The van der Waals surface area contributed by atoms with Crippen LogP contribution in [0.2, 0.25) is 0 Å². The molecular formula is C17H17FN4OS2. The Bertz CT molecular complexity index is 963. The minimum Gasteiger partial charge on any atom is -0.379 e. The van der Waals surface area contributed by atoms with Crippen LogP contribution in [0.15, 0.2) is 39.4 Å². The lowest BCUT2D eigenvalue weighted by molar-refractivity contribution is 0.628. The zero-order valence-corrected chi connectivity index (χ0v) is 15.2. The van der Waals surface area contributed by atoms with Crippen LogP contribution in [0.25, 0.3) is 21.3 Å². The van der Waals surface area contributed by atoms with Crippen LogP contribution in [0.4, 0.5) is 4.39 Å². The maximum absolute atomic E-state index is 13.1. The van der Waals surface area contributed by atoms with Crippen LogP contribution in [0.5, 0.6) is 0 Å². The Hall–Kier alpha value is -2.19. The summed E-state index contributed by atoms with van der Waals surface area (Å²) >= 11 is 2.74. The monoisotopic (exact) mass is 376 g/mol. The molecule has 8 heteroatoms. The van der Waals surface area contributed by atoms with Gasteiger partial charge in [0.15, 0.2) is 5.17 Å². The van der Waals surface area contributed by atoms with Crippen molar-refractivity contribution in [2.24, 2.45) is 10.7 Å². The summed E-state index contributed by atoms with van der Waals surface area (Å²) < 4.78 is 13.1. The smallest absolute Gasteiger partial charge is 0.260 e. The molecule has 0 atom stereocenters. The number of aromatic nitrogens is 2. The number of benzene rings is 1. The van der Waals surface area contributed by atoms with Crippen LogP contribution in [0.1, 0.15) is 19.2 Å². The maximum atomic E-state index is 13.1. The zero-order chi connectivity index (χ0) is 17.8. The number of aromatic amines is 1. The number of nitrogens with zero attached hydrogens (tertiary/aromatic N) is 2. The average Bonchev–Trinajstić information content (AvgIpc) is 3.03. The molecule has 3 rings (SSSR count). The minimum atomic E-state index is -0.308. The van der Waals surface area contributed by atoms with Gasteiger partial charge in [-0.2, -0.15) is 0 Å². The van der Waals surface area contributed by atoms with Crippen LogP contribution in [-0.2, 0) is 5.75 Å². The Morgan fingerprint density at radius 1 is 1.40 bits per heavy atom. The SMILES string of the molecule is CCCN=C(N)SCc1nc2scc(-c3ccc(F)cc3)c2c(=O)[nH]1. The van der Waals surface area contributed by atoms with Gasteiger partial charge in [0.2, 0.25) is 0 Å². The maximum Gasteiger partial charge on any atom is 0.260 e. The molecule has 0 fully saturated rings. The molecule has 25 heavy (non-hydrogen) atoms. The average molecular weight is 376 g/mol. The first-order valence-corrected chi connectivity index (χ1v) is 9.64. The molecule has 3 aromatic rings. The standard InChI is InChI=1S/C17H17FN4OS2/c1-2-7-20-17(19)25-9-13-21-15(23)14-12(8-24-16(14)22-13)10-3-5-11(18)6-4-10/h3-6,8H,2,7,9H2,1H3,(H2,19,20)(H,21,22,23). The molecule has 0 radical (unpaired) electrons. The van der Waals surface area contributed by atoms with E-state index in [1.54, 1.807) is 12.1 Å². The predicted molar refractivity (Wildman–Crippen MR) is 104 cm³/mol. The van der Waals surface area contributed by atoms with Crippen LogP contribution < -0.4 is 11.3 Å². The molecule has 0 amide bonds. The number of nitrogens with two attached hydrogens (primary N) is 1. The molecule has 3 N–H and O–H groups in total. The lowest BCUT2D eigenvalue weighted by Gasteiger charge is -2.03. The highest BCUT2D eigenvalue weighted by Crippen LogP contribution is 2.30. The molecule has 0 aliphatic rings. The van der Waals surface area contributed by atoms with Gasteiger partial charge in [-0.15, -0.1) is 11.3 Å². The minimum absolute atomic E-state index is 0.203. The topological polar surface area (TPSA) is 84.1 Å². The van der Waals surface area contributed by atoms with Crippen molar-refractivity contribution >= 4 is 38.5 Å². The highest BCUT2D eigenvalue weighted by atomic mass is 32.2. The first kappa shape index (κ1) is 17.6. The quantitative estimate of drug-likeness (QED) is 0.525. The molecule has 2 aromatic heterocycles. The largest absolute Gasteiger partial charge is 0.379 e. The van der Waals surface area contributed by atoms with Crippen molar-refractivity contribution in [3.63, 3.8) is 0 Å². The number of aliphatic imine (C=N–C) groups is 1. The fourth-order valence-electron chi connectivity index (χ4n) is 2.31. The van der Waals surface area contributed by atoms with Crippen LogP contribution >= 0.6 is 23.1 Å². The Morgan fingerprint density at radius 3 is 2.88 bits per heavy atom. The second kappa shape index (κ2) is 7.79. The van der Waals surface area contributed by atoms with E-state index in [4.69, 9.17) is 5.73 Å². The third-order valence-corrected chi connectivity index (χ3v) is 5.21. The molecule has 5 nitrogen and oxygen atoms in total. The highest BCUT2D eigenvalue weighted by molar-refractivity contribution is 8.13. The second-order valence-corrected chi connectivity index (χ2v) is 7.21. The molecule has 0 bridgehead atoms. The lowest BCUT2D eigenvalue weighted by atomic mass is 10.1. The number of nitrogens with one attached hydrogen (secondary N) is 1. The number of halogens is 1. The number of hydrogen-bond donors (Lipinski definition) is 2. The van der Waals surface area contributed by atoms with Crippen molar-refractivity contribution < 1.29 is 4.39 Å². The molecule has 130 valence electrons. The Morgan fingerprint density at radius 2 is 2.16 bits per heavy atom. The molecule has 0 unspecified atom stereocenters. The second-order valence-electron chi connectivity index (χ2n) is 5.36. The summed E-state index contributed by atoms with van der Waals surface area (Å²) in [6.45, 7) is 2.72. The Balaban J connectivity index is 1.89. The summed E-state index contributed by atoms with van der Waals surface area (Å²) in [6.07, 6.45) is 0.934. The van der Waals surface area contributed by atoms with Crippen molar-refractivity contribution in [1.29, 1.82) is 0 Å². The van der Waals surface area contributed by atoms with Gasteiger partial charge in [-0.25, -0.2) is 9.37 Å². The van der Waals surface area contributed by atoms with Crippen molar-refractivity contribution in [2.75, 3.05) is 6.54 Å². The molecule has 0 spiro atoms. The first-order chi connectivity index (χ1) is 12.1. The van der Waals surface area contributed by atoms with Crippen LogP contribution in [0, 0.1) is 5.82 Å².